The second-order valence-electron chi connectivity index (χ2n) is 12.9. The zero-order valence-electron chi connectivity index (χ0n) is 21.7. The maximum Gasteiger partial charge on any atom is 0.414 e. The molecule has 2 aliphatic heterocycles. The van der Waals surface area contributed by atoms with Gasteiger partial charge in [0.25, 0.3) is 0 Å². The van der Waals surface area contributed by atoms with E-state index in [0.717, 1.165) is 38.8 Å². The number of nitrogens with zero attached hydrogens (tertiary/aromatic N) is 1. The molecule has 5 rings (SSSR count). The minimum Gasteiger partial charge on any atom is -0.445 e. The first-order valence-electron chi connectivity index (χ1n) is 13.5. The zero-order valence-corrected chi connectivity index (χ0v) is 21.7. The number of hydrogen-bond acceptors (Lipinski definition) is 6. The molecule has 4 unspecified atom stereocenters. The van der Waals surface area contributed by atoms with Crippen LogP contribution in [-0.4, -0.2) is 59.6 Å². The Kier molecular flexibility index (Phi) is 5.99. The van der Waals surface area contributed by atoms with Gasteiger partial charge in [-0.05, 0) is 61.8 Å². The number of ether oxygens (including phenoxy) is 1. The van der Waals surface area contributed by atoms with Crippen LogP contribution in [0.3, 0.4) is 0 Å². The summed E-state index contributed by atoms with van der Waals surface area (Å²) >= 11 is 0. The fraction of sp³-hybridized carbons (Fsp3) is 0.821. The summed E-state index contributed by atoms with van der Waals surface area (Å²) in [5.41, 5.74) is -1.58. The summed E-state index contributed by atoms with van der Waals surface area (Å²) in [6.07, 6.45) is 4.17. The molecule has 5 aliphatic rings. The first-order chi connectivity index (χ1) is 16.5. The van der Waals surface area contributed by atoms with E-state index in [4.69, 9.17) is 4.74 Å². The molecule has 3 saturated carbocycles. The van der Waals surface area contributed by atoms with Gasteiger partial charge in [0.2, 0.25) is 5.91 Å². The second-order valence-corrected chi connectivity index (χ2v) is 12.9. The summed E-state index contributed by atoms with van der Waals surface area (Å²) in [6.45, 7) is 15.0. The van der Waals surface area contributed by atoms with Gasteiger partial charge in [0.1, 0.15) is 11.9 Å². The minimum atomic E-state index is -0.734. The molecule has 0 aromatic heterocycles. The molecule has 7 heteroatoms. The van der Waals surface area contributed by atoms with Crippen LogP contribution < -0.4 is 5.32 Å². The summed E-state index contributed by atoms with van der Waals surface area (Å²) in [7, 11) is 0. The highest BCUT2D eigenvalue weighted by Crippen LogP contribution is 2.68. The van der Waals surface area contributed by atoms with Gasteiger partial charge < -0.3 is 14.7 Å². The van der Waals surface area contributed by atoms with E-state index in [0.29, 0.717) is 25.3 Å². The molecule has 0 aromatic rings. The Morgan fingerprint density at radius 2 is 1.94 bits per heavy atom. The number of aliphatic hydroxyl groups is 1. The lowest BCUT2D eigenvalue weighted by atomic mass is 9.44. The van der Waals surface area contributed by atoms with E-state index in [1.54, 1.807) is 6.08 Å². The predicted molar refractivity (Wildman–Crippen MR) is 131 cm³/mol. The van der Waals surface area contributed by atoms with Crippen LogP contribution in [0.5, 0.6) is 0 Å². The van der Waals surface area contributed by atoms with Crippen molar-refractivity contribution in [1.29, 1.82) is 0 Å². The molecule has 35 heavy (non-hydrogen) atoms. The molecule has 0 radical (unpaired) electrons. The highest BCUT2D eigenvalue weighted by Gasteiger charge is 2.68. The number of hydrogen-bond donors (Lipinski definition) is 2. The van der Waals surface area contributed by atoms with E-state index >= 15 is 0 Å². The third-order valence-corrected chi connectivity index (χ3v) is 11.4. The number of nitrogens with one attached hydrogen (secondary N) is 1. The maximum absolute atomic E-state index is 13.5. The lowest BCUT2D eigenvalue weighted by Crippen LogP contribution is -2.63. The van der Waals surface area contributed by atoms with Crippen LogP contribution in [-0.2, 0) is 14.3 Å². The zero-order chi connectivity index (χ0) is 25.3. The Bertz CT molecular complexity index is 936. The van der Waals surface area contributed by atoms with Crippen molar-refractivity contribution in [3.63, 3.8) is 0 Å². The van der Waals surface area contributed by atoms with Crippen molar-refractivity contribution in [1.82, 2.24) is 10.2 Å². The fourth-order valence-corrected chi connectivity index (χ4v) is 8.93. The van der Waals surface area contributed by atoms with Crippen LogP contribution in [0.25, 0.3) is 0 Å². The smallest absolute Gasteiger partial charge is 0.414 e. The lowest BCUT2D eigenvalue weighted by molar-refractivity contribution is -0.191. The second kappa shape index (κ2) is 8.41. The van der Waals surface area contributed by atoms with Crippen LogP contribution in [0.4, 0.5) is 4.79 Å². The molecule has 194 valence electrons. The van der Waals surface area contributed by atoms with Gasteiger partial charge in [-0.25, -0.2) is 4.79 Å². The highest BCUT2D eigenvalue weighted by atomic mass is 16.6. The van der Waals surface area contributed by atoms with E-state index in [1.165, 1.54) is 0 Å². The van der Waals surface area contributed by atoms with Crippen LogP contribution >= 0.6 is 0 Å². The van der Waals surface area contributed by atoms with E-state index in [9.17, 15) is 19.5 Å². The van der Waals surface area contributed by atoms with Gasteiger partial charge in [-0.3, -0.25) is 14.9 Å². The van der Waals surface area contributed by atoms with E-state index in [-0.39, 0.29) is 40.8 Å². The van der Waals surface area contributed by atoms with Gasteiger partial charge in [0.05, 0.1) is 12.0 Å². The molecule has 0 spiro atoms. The van der Waals surface area contributed by atoms with Crippen molar-refractivity contribution in [2.24, 2.45) is 45.8 Å². The van der Waals surface area contributed by atoms with Crippen LogP contribution in [0, 0.1) is 45.8 Å². The average molecular weight is 487 g/mol. The van der Waals surface area contributed by atoms with Gasteiger partial charge >= 0.3 is 6.09 Å². The first kappa shape index (κ1) is 24.9. The third-order valence-electron chi connectivity index (χ3n) is 11.4. The first-order valence-corrected chi connectivity index (χ1v) is 13.5. The molecular formula is C28H42N2O5. The lowest BCUT2D eigenvalue weighted by Gasteiger charge is -2.61. The van der Waals surface area contributed by atoms with Crippen LogP contribution in [0.15, 0.2) is 12.7 Å². The molecule has 4 bridgehead atoms. The molecule has 2 saturated heterocycles. The molecular weight excluding hydrogens is 444 g/mol. The number of carbonyl (C=O) groups is 3. The quantitative estimate of drug-likeness (QED) is 0.593. The maximum atomic E-state index is 13.5. The molecule has 11 atom stereocenters. The number of ketones is 1. The van der Waals surface area contributed by atoms with E-state index in [1.807, 2.05) is 6.92 Å². The molecule has 0 aromatic carbocycles. The summed E-state index contributed by atoms with van der Waals surface area (Å²) in [5.74, 6) is -0.100. The van der Waals surface area contributed by atoms with Crippen LogP contribution in [0.2, 0.25) is 0 Å². The SMILES string of the molecule is C=C[C@]1(C)C[C@@H](OC(=O)NC(=O)C2CN3CC[C@@H]2C3)C2(C)[C@H](C)CCC3(CCC(=O)[C@H]32)[C@@H](C)[C@@H]1O. The molecule has 2 heterocycles. The van der Waals surface area contributed by atoms with E-state index in [2.05, 4.69) is 37.6 Å². The number of amides is 2. The number of piperidine rings is 1. The Morgan fingerprint density at radius 1 is 1.20 bits per heavy atom. The van der Waals surface area contributed by atoms with Crippen molar-refractivity contribution >= 4 is 17.8 Å². The van der Waals surface area contributed by atoms with Crippen molar-refractivity contribution in [2.75, 3.05) is 19.6 Å². The molecule has 2 amide bonds. The monoisotopic (exact) mass is 486 g/mol. The van der Waals surface area contributed by atoms with Gasteiger partial charge in [-0.1, -0.05) is 33.8 Å². The van der Waals surface area contributed by atoms with Crippen molar-refractivity contribution in [3.8, 4) is 0 Å². The van der Waals surface area contributed by atoms with Gasteiger partial charge in [0.15, 0.2) is 0 Å². The summed E-state index contributed by atoms with van der Waals surface area (Å²) in [5, 5.41) is 14.1. The number of imide groups is 1. The summed E-state index contributed by atoms with van der Waals surface area (Å²) < 4.78 is 6.13. The normalized spacial score (nSPS) is 50.7. The Hall–Kier alpha value is -1.73. The molecule has 5 fully saturated rings. The highest BCUT2D eigenvalue weighted by molar-refractivity contribution is 5.93. The van der Waals surface area contributed by atoms with E-state index < -0.39 is 29.1 Å². The average Bonchev–Trinajstić information content (AvgIpc) is 3.55. The van der Waals surface area contributed by atoms with Crippen LogP contribution in [0.1, 0.15) is 66.2 Å². The predicted octanol–water partition coefficient (Wildman–Crippen LogP) is 3.55. The number of fused-ring (bicyclic) bond motifs is 2. The molecule has 2 N–H and O–H groups in total. The largest absolute Gasteiger partial charge is 0.445 e. The summed E-state index contributed by atoms with van der Waals surface area (Å²) in [6, 6.07) is 0. The van der Waals surface area contributed by atoms with Gasteiger partial charge in [0, 0.05) is 36.3 Å². The number of carbonyl (C=O) groups excluding carboxylic acids is 3. The number of Topliss-reactive ketones (excluding diaryl/α,β-unsaturated/α-hetero) is 1. The molecule has 3 aliphatic carbocycles. The Morgan fingerprint density at radius 3 is 2.57 bits per heavy atom. The van der Waals surface area contributed by atoms with Gasteiger partial charge in [-0.2, -0.15) is 0 Å². The molecule has 7 nitrogen and oxygen atoms in total. The Labute approximate surface area is 209 Å². The number of alkyl carbamates (subject to hydrolysis) is 1. The van der Waals surface area contributed by atoms with Crippen molar-refractivity contribution in [3.05, 3.63) is 12.7 Å². The van der Waals surface area contributed by atoms with Crippen molar-refractivity contribution in [2.45, 2.75) is 78.4 Å². The Balaban J connectivity index is 1.46. The number of aliphatic hydroxyl groups excluding tert-OH is 1. The summed E-state index contributed by atoms with van der Waals surface area (Å²) in [4.78, 5) is 41.8. The topological polar surface area (TPSA) is 95.9 Å². The van der Waals surface area contributed by atoms with Crippen molar-refractivity contribution < 1.29 is 24.2 Å². The third kappa shape index (κ3) is 3.55. The minimum absolute atomic E-state index is 0.0714. The van der Waals surface area contributed by atoms with Gasteiger partial charge in [-0.15, -0.1) is 6.58 Å². The fourth-order valence-electron chi connectivity index (χ4n) is 8.93. The number of rotatable bonds is 3. The standard InChI is InChI=1S/C28H42N2O5/c1-6-26(4)13-21(35-25(34)29-24(33)19-15-30-12-9-18(19)14-30)27(5)16(2)7-10-28(17(3)23(26)32)11-8-20(31)22(27)28/h6,16-19,21-23,32H,1,7-15H2,2-5H3,(H,29,33,34)/t16-,17+,18-,19?,21-,22+,23+,26-,27?,28?/m1/s1.